The summed E-state index contributed by atoms with van der Waals surface area (Å²) in [7, 11) is 0. The van der Waals surface area contributed by atoms with Crippen molar-refractivity contribution in [2.45, 2.75) is 38.3 Å². The van der Waals surface area contributed by atoms with E-state index in [0.717, 1.165) is 36.3 Å². The number of anilines is 1. The molecule has 0 amide bonds. The molecule has 0 aromatic carbocycles. The van der Waals surface area contributed by atoms with Crippen LogP contribution in [0, 0.1) is 6.92 Å². The van der Waals surface area contributed by atoms with Crippen LogP contribution in [0.25, 0.3) is 5.69 Å². The molecule has 3 rings (SSSR count). The molecule has 3 N–H and O–H groups in total. The predicted octanol–water partition coefficient (Wildman–Crippen LogP) is 1.83. The lowest BCUT2D eigenvalue weighted by Gasteiger charge is -2.13. The topological polar surface area (TPSA) is 72.9 Å². The fourth-order valence-corrected chi connectivity index (χ4v) is 2.78. The predicted molar refractivity (Wildman–Crippen MR) is 83.8 cm³/mol. The number of nitrogens with one attached hydrogen (secondary N) is 1. The molecule has 21 heavy (non-hydrogen) atoms. The molecular weight excluding hydrogens is 264 g/mol. The molecule has 2 aromatic rings. The van der Waals surface area contributed by atoms with E-state index >= 15 is 0 Å². The van der Waals surface area contributed by atoms with Crippen molar-refractivity contribution >= 4 is 5.82 Å². The highest BCUT2D eigenvalue weighted by Gasteiger charge is 2.21. The van der Waals surface area contributed by atoms with Crippen LogP contribution < -0.4 is 16.6 Å². The van der Waals surface area contributed by atoms with Crippen LogP contribution in [0.3, 0.4) is 0 Å². The summed E-state index contributed by atoms with van der Waals surface area (Å²) < 4.78 is 1.61. The van der Waals surface area contributed by atoms with E-state index in [2.05, 4.69) is 10.3 Å². The summed E-state index contributed by atoms with van der Waals surface area (Å²) in [4.78, 5) is 16.5. The lowest BCUT2D eigenvalue weighted by atomic mass is 10.2. The number of rotatable bonds is 3. The Morgan fingerprint density at radius 3 is 2.86 bits per heavy atom. The standard InChI is InChI=1S/C16H20N4O/c1-11-3-2-8-20(16(11)21)14-6-7-15(18-10-14)19-13-5-4-12(17)9-13/h2-3,6-8,10,12-13H,4-5,9,17H2,1H3,(H,18,19)/t12-,13-/m0/s1. The number of nitrogens with zero attached hydrogens (tertiary/aromatic N) is 2. The lowest BCUT2D eigenvalue weighted by molar-refractivity contribution is 0.686. The van der Waals surface area contributed by atoms with Crippen molar-refractivity contribution in [1.82, 2.24) is 9.55 Å². The van der Waals surface area contributed by atoms with Gasteiger partial charge in [0.15, 0.2) is 0 Å². The molecule has 0 aliphatic heterocycles. The van der Waals surface area contributed by atoms with Gasteiger partial charge in [0, 0.05) is 23.8 Å². The molecule has 1 fully saturated rings. The van der Waals surface area contributed by atoms with E-state index in [-0.39, 0.29) is 5.56 Å². The first-order chi connectivity index (χ1) is 10.1. The second-order valence-electron chi connectivity index (χ2n) is 5.68. The van der Waals surface area contributed by atoms with Crippen LogP contribution >= 0.6 is 0 Å². The average Bonchev–Trinajstić information content (AvgIpc) is 2.88. The van der Waals surface area contributed by atoms with Crippen LogP contribution in [0.2, 0.25) is 0 Å². The van der Waals surface area contributed by atoms with Gasteiger partial charge in [-0.3, -0.25) is 9.36 Å². The summed E-state index contributed by atoms with van der Waals surface area (Å²) in [6, 6.07) is 8.19. The van der Waals surface area contributed by atoms with Gasteiger partial charge in [-0.2, -0.15) is 0 Å². The first-order valence-electron chi connectivity index (χ1n) is 7.30. The monoisotopic (exact) mass is 284 g/mol. The Morgan fingerprint density at radius 2 is 2.19 bits per heavy atom. The second-order valence-corrected chi connectivity index (χ2v) is 5.68. The van der Waals surface area contributed by atoms with E-state index in [1.807, 2.05) is 31.2 Å². The number of hydrogen-bond acceptors (Lipinski definition) is 4. The third kappa shape index (κ3) is 2.97. The van der Waals surface area contributed by atoms with Gasteiger partial charge in [-0.05, 0) is 44.4 Å². The van der Waals surface area contributed by atoms with Crippen LogP contribution in [0.15, 0.2) is 41.5 Å². The molecule has 110 valence electrons. The summed E-state index contributed by atoms with van der Waals surface area (Å²) >= 11 is 0. The van der Waals surface area contributed by atoms with Crippen molar-refractivity contribution in [2.75, 3.05) is 5.32 Å². The van der Waals surface area contributed by atoms with E-state index in [0.29, 0.717) is 12.1 Å². The SMILES string of the molecule is Cc1cccn(-c2ccc(N[C@H]3CC[C@H](N)C3)nc2)c1=O. The van der Waals surface area contributed by atoms with Crippen molar-refractivity contribution in [3.05, 3.63) is 52.6 Å². The molecule has 2 heterocycles. The van der Waals surface area contributed by atoms with Crippen LogP contribution in [0.4, 0.5) is 5.82 Å². The molecule has 0 radical (unpaired) electrons. The zero-order valence-electron chi connectivity index (χ0n) is 12.1. The second kappa shape index (κ2) is 5.69. The normalized spacial score (nSPS) is 21.4. The van der Waals surface area contributed by atoms with E-state index in [4.69, 9.17) is 5.73 Å². The van der Waals surface area contributed by atoms with Gasteiger partial charge >= 0.3 is 0 Å². The van der Waals surface area contributed by atoms with Crippen LogP contribution in [-0.2, 0) is 0 Å². The molecule has 1 aliphatic carbocycles. The smallest absolute Gasteiger partial charge is 0.258 e. The molecule has 0 saturated heterocycles. The quantitative estimate of drug-likeness (QED) is 0.902. The van der Waals surface area contributed by atoms with Crippen LogP contribution in [0.5, 0.6) is 0 Å². The van der Waals surface area contributed by atoms with Crippen molar-refractivity contribution in [3.8, 4) is 5.69 Å². The van der Waals surface area contributed by atoms with Gasteiger partial charge < -0.3 is 11.1 Å². The Hall–Kier alpha value is -2.14. The van der Waals surface area contributed by atoms with Crippen molar-refractivity contribution in [3.63, 3.8) is 0 Å². The van der Waals surface area contributed by atoms with Gasteiger partial charge in [0.1, 0.15) is 5.82 Å². The van der Waals surface area contributed by atoms with Crippen LogP contribution in [-0.4, -0.2) is 21.6 Å². The third-order valence-corrected chi connectivity index (χ3v) is 3.99. The molecule has 0 spiro atoms. The van der Waals surface area contributed by atoms with Crippen molar-refractivity contribution in [2.24, 2.45) is 5.73 Å². The van der Waals surface area contributed by atoms with Gasteiger partial charge in [-0.1, -0.05) is 6.07 Å². The minimum absolute atomic E-state index is 0.0122. The number of nitrogens with two attached hydrogens (primary N) is 1. The Bertz CT molecular complexity index is 677. The fourth-order valence-electron chi connectivity index (χ4n) is 2.78. The van der Waals surface area contributed by atoms with Gasteiger partial charge in [0.05, 0.1) is 11.9 Å². The molecule has 0 unspecified atom stereocenters. The van der Waals surface area contributed by atoms with Gasteiger partial charge in [-0.15, -0.1) is 0 Å². The van der Waals surface area contributed by atoms with E-state index in [9.17, 15) is 4.79 Å². The molecule has 1 saturated carbocycles. The van der Waals surface area contributed by atoms with Gasteiger partial charge in [-0.25, -0.2) is 4.98 Å². The molecular formula is C16H20N4O. The first kappa shape index (κ1) is 13.8. The van der Waals surface area contributed by atoms with Gasteiger partial charge in [0.2, 0.25) is 0 Å². The van der Waals surface area contributed by atoms with E-state index in [1.54, 1.807) is 17.0 Å². The first-order valence-corrected chi connectivity index (χ1v) is 7.30. The lowest BCUT2D eigenvalue weighted by Crippen LogP contribution is -2.21. The number of aromatic nitrogens is 2. The maximum atomic E-state index is 12.1. The maximum Gasteiger partial charge on any atom is 0.258 e. The summed E-state index contributed by atoms with van der Waals surface area (Å²) in [5.74, 6) is 0.832. The van der Waals surface area contributed by atoms with Crippen molar-refractivity contribution in [1.29, 1.82) is 0 Å². The minimum Gasteiger partial charge on any atom is -0.367 e. The van der Waals surface area contributed by atoms with Crippen LogP contribution in [0.1, 0.15) is 24.8 Å². The van der Waals surface area contributed by atoms with E-state index < -0.39 is 0 Å². The Balaban J connectivity index is 1.78. The maximum absolute atomic E-state index is 12.1. The largest absolute Gasteiger partial charge is 0.367 e. The third-order valence-electron chi connectivity index (χ3n) is 3.99. The Morgan fingerprint density at radius 1 is 1.33 bits per heavy atom. The summed E-state index contributed by atoms with van der Waals surface area (Å²) in [5.41, 5.74) is 7.40. The highest BCUT2D eigenvalue weighted by atomic mass is 16.1. The summed E-state index contributed by atoms with van der Waals surface area (Å²) in [5, 5.41) is 3.40. The molecule has 2 aromatic heterocycles. The number of aryl methyl sites for hydroxylation is 1. The number of pyridine rings is 2. The number of hydrogen-bond donors (Lipinski definition) is 2. The molecule has 2 atom stereocenters. The molecule has 5 nitrogen and oxygen atoms in total. The Kier molecular flexibility index (Phi) is 3.75. The Labute approximate surface area is 123 Å². The molecule has 0 bridgehead atoms. The molecule has 5 heteroatoms. The molecule has 1 aliphatic rings. The average molecular weight is 284 g/mol. The fraction of sp³-hybridized carbons (Fsp3) is 0.375. The highest BCUT2D eigenvalue weighted by Crippen LogP contribution is 2.21. The zero-order valence-corrected chi connectivity index (χ0v) is 12.1. The van der Waals surface area contributed by atoms with E-state index in [1.165, 1.54) is 0 Å². The minimum atomic E-state index is -0.0122. The van der Waals surface area contributed by atoms with Crippen molar-refractivity contribution < 1.29 is 0 Å². The highest BCUT2D eigenvalue weighted by molar-refractivity contribution is 5.42. The van der Waals surface area contributed by atoms with Gasteiger partial charge in [0.25, 0.3) is 5.56 Å². The summed E-state index contributed by atoms with van der Waals surface area (Å²) in [6.45, 7) is 1.81. The zero-order chi connectivity index (χ0) is 14.8. The summed E-state index contributed by atoms with van der Waals surface area (Å²) in [6.07, 6.45) is 6.62.